The predicted octanol–water partition coefficient (Wildman–Crippen LogP) is 4.24. The van der Waals surface area contributed by atoms with E-state index in [9.17, 15) is 0 Å². The summed E-state index contributed by atoms with van der Waals surface area (Å²) >= 11 is 0. The Morgan fingerprint density at radius 2 is 1.84 bits per heavy atom. The summed E-state index contributed by atoms with van der Waals surface area (Å²) in [5.74, 6) is 0. The van der Waals surface area contributed by atoms with Crippen molar-refractivity contribution in [1.29, 1.82) is 0 Å². The smallest absolute Gasteiger partial charge is 0.0955 e. The monoisotopic (exact) mass is 263 g/mol. The molecule has 0 saturated carbocycles. The van der Waals surface area contributed by atoms with Gasteiger partial charge in [-0.2, -0.15) is 0 Å². The lowest BCUT2D eigenvalue weighted by Crippen LogP contribution is -2.39. The fourth-order valence-electron chi connectivity index (χ4n) is 1.95. The Morgan fingerprint density at radius 3 is 2.37 bits per heavy atom. The quantitative estimate of drug-likeness (QED) is 0.829. The minimum Gasteiger partial charge on any atom is -0.369 e. The summed E-state index contributed by atoms with van der Waals surface area (Å²) in [5, 5.41) is 3.55. The van der Waals surface area contributed by atoms with Crippen molar-refractivity contribution in [1.82, 2.24) is 5.32 Å². The fraction of sp³-hybridized carbons (Fsp3) is 0.647. The Kier molecular flexibility index (Phi) is 6.02. The first-order chi connectivity index (χ1) is 8.83. The van der Waals surface area contributed by atoms with Crippen LogP contribution in [0.2, 0.25) is 0 Å². The van der Waals surface area contributed by atoms with Crippen LogP contribution < -0.4 is 5.32 Å². The largest absolute Gasteiger partial charge is 0.369 e. The zero-order valence-electron chi connectivity index (χ0n) is 13.3. The summed E-state index contributed by atoms with van der Waals surface area (Å²) in [6.07, 6.45) is 1.44. The SMILES string of the molecule is CCC(C)OC(CNC(C)(C)C)c1ccccc1C. The highest BCUT2D eigenvalue weighted by atomic mass is 16.5. The second-order valence-electron chi connectivity index (χ2n) is 6.33. The summed E-state index contributed by atoms with van der Waals surface area (Å²) in [7, 11) is 0. The summed E-state index contributed by atoms with van der Waals surface area (Å²) in [6, 6.07) is 8.49. The Morgan fingerprint density at radius 1 is 1.21 bits per heavy atom. The van der Waals surface area contributed by atoms with Crippen molar-refractivity contribution < 1.29 is 4.74 Å². The number of benzene rings is 1. The summed E-state index contributed by atoms with van der Waals surface area (Å²) < 4.78 is 6.20. The van der Waals surface area contributed by atoms with Crippen molar-refractivity contribution in [3.8, 4) is 0 Å². The molecule has 1 aromatic rings. The first kappa shape index (κ1) is 16.2. The zero-order valence-corrected chi connectivity index (χ0v) is 13.3. The third kappa shape index (κ3) is 5.75. The van der Waals surface area contributed by atoms with E-state index >= 15 is 0 Å². The van der Waals surface area contributed by atoms with Crippen LogP contribution in [0.25, 0.3) is 0 Å². The Hall–Kier alpha value is -0.860. The molecule has 108 valence electrons. The maximum absolute atomic E-state index is 6.20. The molecule has 2 atom stereocenters. The van der Waals surface area contributed by atoms with Gasteiger partial charge in [-0.3, -0.25) is 0 Å². The maximum Gasteiger partial charge on any atom is 0.0955 e. The molecule has 2 heteroatoms. The minimum absolute atomic E-state index is 0.111. The number of hydrogen-bond acceptors (Lipinski definition) is 2. The molecule has 0 bridgehead atoms. The van der Waals surface area contributed by atoms with Crippen molar-refractivity contribution >= 4 is 0 Å². The van der Waals surface area contributed by atoms with Gasteiger partial charge in [0.2, 0.25) is 0 Å². The van der Waals surface area contributed by atoms with Crippen LogP contribution in [0.3, 0.4) is 0 Å². The second-order valence-corrected chi connectivity index (χ2v) is 6.33. The third-order valence-corrected chi connectivity index (χ3v) is 3.32. The molecule has 0 aromatic heterocycles. The molecule has 2 nitrogen and oxygen atoms in total. The van der Waals surface area contributed by atoms with Crippen molar-refractivity contribution in [3.05, 3.63) is 35.4 Å². The number of aryl methyl sites for hydroxylation is 1. The van der Waals surface area contributed by atoms with E-state index in [1.807, 2.05) is 0 Å². The lowest BCUT2D eigenvalue weighted by molar-refractivity contribution is -0.00759. The third-order valence-electron chi connectivity index (χ3n) is 3.32. The molecule has 0 aliphatic carbocycles. The minimum atomic E-state index is 0.111. The molecule has 1 N–H and O–H groups in total. The number of hydrogen-bond donors (Lipinski definition) is 1. The van der Waals surface area contributed by atoms with Gasteiger partial charge in [-0.25, -0.2) is 0 Å². The Balaban J connectivity index is 2.83. The molecule has 19 heavy (non-hydrogen) atoms. The van der Waals surface area contributed by atoms with E-state index in [4.69, 9.17) is 4.74 Å². The second kappa shape index (κ2) is 7.06. The highest BCUT2D eigenvalue weighted by Gasteiger charge is 2.19. The molecule has 0 amide bonds. The molecule has 0 fully saturated rings. The molecule has 0 spiro atoms. The molecule has 1 aromatic carbocycles. The van der Waals surface area contributed by atoms with Gasteiger partial charge in [0.15, 0.2) is 0 Å². The zero-order chi connectivity index (χ0) is 14.5. The first-order valence-electron chi connectivity index (χ1n) is 7.29. The highest BCUT2D eigenvalue weighted by molar-refractivity contribution is 5.28. The number of nitrogens with one attached hydrogen (secondary N) is 1. The van der Waals surface area contributed by atoms with E-state index in [0.29, 0.717) is 0 Å². The molecule has 1 rings (SSSR count). The molecule has 0 aliphatic rings. The lowest BCUT2D eigenvalue weighted by atomic mass is 10.0. The van der Waals surface area contributed by atoms with E-state index in [2.05, 4.69) is 71.1 Å². The normalized spacial score (nSPS) is 15.3. The summed E-state index contributed by atoms with van der Waals surface area (Å²) in [6.45, 7) is 13.9. The number of ether oxygens (including phenoxy) is 1. The molecule has 0 aliphatic heterocycles. The van der Waals surface area contributed by atoms with Crippen LogP contribution in [0.1, 0.15) is 58.3 Å². The summed E-state index contributed by atoms with van der Waals surface area (Å²) in [5.41, 5.74) is 2.70. The molecule has 0 radical (unpaired) electrons. The summed E-state index contributed by atoms with van der Waals surface area (Å²) in [4.78, 5) is 0. The van der Waals surface area contributed by atoms with Gasteiger partial charge in [0.05, 0.1) is 12.2 Å². The Bertz CT molecular complexity index is 381. The fourth-order valence-corrected chi connectivity index (χ4v) is 1.95. The topological polar surface area (TPSA) is 21.3 Å². The van der Waals surface area contributed by atoms with Crippen LogP contribution in [0, 0.1) is 6.92 Å². The standard InChI is InChI=1S/C17H29NO/c1-7-14(3)19-16(12-18-17(4,5)6)15-11-9-8-10-13(15)2/h8-11,14,16,18H,7,12H2,1-6H3. The van der Waals surface area contributed by atoms with Crippen LogP contribution in [0.15, 0.2) is 24.3 Å². The van der Waals surface area contributed by atoms with Gasteiger partial charge in [0.25, 0.3) is 0 Å². The number of rotatable bonds is 6. The average molecular weight is 263 g/mol. The van der Waals surface area contributed by atoms with Gasteiger partial charge >= 0.3 is 0 Å². The Labute approximate surface area is 118 Å². The van der Waals surface area contributed by atoms with E-state index in [-0.39, 0.29) is 17.7 Å². The van der Waals surface area contributed by atoms with Crippen LogP contribution in [0.4, 0.5) is 0 Å². The van der Waals surface area contributed by atoms with E-state index in [1.54, 1.807) is 0 Å². The van der Waals surface area contributed by atoms with Gasteiger partial charge in [0, 0.05) is 12.1 Å². The predicted molar refractivity (Wildman–Crippen MR) is 82.5 cm³/mol. The first-order valence-corrected chi connectivity index (χ1v) is 7.29. The molecular weight excluding hydrogens is 234 g/mol. The van der Waals surface area contributed by atoms with Gasteiger partial charge in [-0.15, -0.1) is 0 Å². The van der Waals surface area contributed by atoms with Crippen molar-refractivity contribution in [2.24, 2.45) is 0 Å². The van der Waals surface area contributed by atoms with E-state index in [0.717, 1.165) is 13.0 Å². The van der Waals surface area contributed by atoms with Gasteiger partial charge in [-0.05, 0) is 52.2 Å². The maximum atomic E-state index is 6.20. The molecule has 0 saturated heterocycles. The van der Waals surface area contributed by atoms with Crippen LogP contribution >= 0.6 is 0 Å². The van der Waals surface area contributed by atoms with Gasteiger partial charge in [-0.1, -0.05) is 31.2 Å². The molecule has 2 unspecified atom stereocenters. The molecule has 0 heterocycles. The lowest BCUT2D eigenvalue weighted by Gasteiger charge is -2.28. The van der Waals surface area contributed by atoms with Gasteiger partial charge in [0.1, 0.15) is 0 Å². The average Bonchev–Trinajstić information content (AvgIpc) is 2.34. The molecular formula is C17H29NO. The van der Waals surface area contributed by atoms with Crippen LogP contribution in [0.5, 0.6) is 0 Å². The van der Waals surface area contributed by atoms with Crippen molar-refractivity contribution in [2.45, 2.75) is 65.7 Å². The van der Waals surface area contributed by atoms with Crippen LogP contribution in [-0.4, -0.2) is 18.2 Å². The van der Waals surface area contributed by atoms with Crippen molar-refractivity contribution in [2.75, 3.05) is 6.54 Å². The van der Waals surface area contributed by atoms with Crippen molar-refractivity contribution in [3.63, 3.8) is 0 Å². The van der Waals surface area contributed by atoms with E-state index < -0.39 is 0 Å². The van der Waals surface area contributed by atoms with Gasteiger partial charge < -0.3 is 10.1 Å². The van der Waals surface area contributed by atoms with Crippen LogP contribution in [-0.2, 0) is 4.74 Å². The highest BCUT2D eigenvalue weighted by Crippen LogP contribution is 2.23. The van der Waals surface area contributed by atoms with E-state index in [1.165, 1.54) is 11.1 Å².